The molecule has 0 saturated carbocycles. The van der Waals surface area contributed by atoms with Crippen molar-refractivity contribution in [1.29, 1.82) is 0 Å². The predicted octanol–water partition coefficient (Wildman–Crippen LogP) is 2.57. The molecule has 3 aromatic rings. The Morgan fingerprint density at radius 3 is 2.58 bits per heavy atom. The van der Waals surface area contributed by atoms with Crippen molar-refractivity contribution in [2.24, 2.45) is 0 Å². The maximum atomic E-state index is 11.6. The minimum absolute atomic E-state index is 0.532. The van der Waals surface area contributed by atoms with Crippen molar-refractivity contribution >= 4 is 21.0 Å². The van der Waals surface area contributed by atoms with Crippen LogP contribution < -0.4 is 0 Å². The molecule has 0 bridgehead atoms. The molecule has 0 spiro atoms. The Balaban J connectivity index is 1.48. The molecule has 4 rings (SSSR count). The molecule has 0 amide bonds. The molecule has 1 fully saturated rings. The Kier molecular flexibility index (Phi) is 4.52. The summed E-state index contributed by atoms with van der Waals surface area (Å²) in [6.45, 7) is 3.18. The van der Waals surface area contributed by atoms with E-state index in [9.17, 15) is 8.42 Å². The van der Waals surface area contributed by atoms with Gasteiger partial charge in [-0.1, -0.05) is 12.1 Å². The lowest BCUT2D eigenvalue weighted by Gasteiger charge is -2.32. The molecular weight excluding hydrogens is 350 g/mol. The van der Waals surface area contributed by atoms with Gasteiger partial charge in [0, 0.05) is 49.5 Å². The van der Waals surface area contributed by atoms with E-state index in [4.69, 9.17) is 4.42 Å². The molecule has 136 valence electrons. The van der Waals surface area contributed by atoms with Crippen molar-refractivity contribution in [3.63, 3.8) is 0 Å². The van der Waals surface area contributed by atoms with Crippen molar-refractivity contribution in [1.82, 2.24) is 14.2 Å². The van der Waals surface area contributed by atoms with Crippen LogP contribution in [-0.2, 0) is 16.6 Å². The van der Waals surface area contributed by atoms with Gasteiger partial charge in [-0.2, -0.15) is 4.31 Å². The van der Waals surface area contributed by atoms with E-state index in [1.165, 1.54) is 10.6 Å². The van der Waals surface area contributed by atoms with E-state index in [2.05, 4.69) is 22.0 Å². The van der Waals surface area contributed by atoms with Crippen LogP contribution in [0.25, 0.3) is 22.1 Å². The van der Waals surface area contributed by atoms with E-state index < -0.39 is 10.0 Å². The zero-order chi connectivity index (χ0) is 18.1. The number of pyridine rings is 1. The highest BCUT2D eigenvalue weighted by atomic mass is 32.2. The van der Waals surface area contributed by atoms with Gasteiger partial charge in [0.2, 0.25) is 10.0 Å². The highest BCUT2D eigenvalue weighted by Gasteiger charge is 2.23. The van der Waals surface area contributed by atoms with Gasteiger partial charge < -0.3 is 4.42 Å². The molecule has 1 saturated heterocycles. The number of hydrogen-bond donors (Lipinski definition) is 0. The van der Waals surface area contributed by atoms with E-state index >= 15 is 0 Å². The van der Waals surface area contributed by atoms with E-state index in [0.717, 1.165) is 27.9 Å². The first-order valence-corrected chi connectivity index (χ1v) is 10.4. The minimum Gasteiger partial charge on any atom is -0.460 e. The van der Waals surface area contributed by atoms with Crippen LogP contribution in [0.3, 0.4) is 0 Å². The largest absolute Gasteiger partial charge is 0.460 e. The summed E-state index contributed by atoms with van der Waals surface area (Å²) in [5, 5.41) is 1.07. The minimum atomic E-state index is -3.10. The first kappa shape index (κ1) is 17.2. The van der Waals surface area contributed by atoms with Crippen LogP contribution in [0.5, 0.6) is 0 Å². The molecule has 1 aliphatic heterocycles. The summed E-state index contributed by atoms with van der Waals surface area (Å²) in [6, 6.07) is 12.2. The third-order valence-corrected chi connectivity index (χ3v) is 6.05. The number of piperazine rings is 1. The molecule has 3 heterocycles. The highest BCUT2D eigenvalue weighted by molar-refractivity contribution is 7.88. The number of nitrogens with zero attached hydrogens (tertiary/aromatic N) is 3. The van der Waals surface area contributed by atoms with Crippen LogP contribution in [0.2, 0.25) is 0 Å². The molecule has 0 atom stereocenters. The van der Waals surface area contributed by atoms with Crippen LogP contribution >= 0.6 is 0 Å². The van der Waals surface area contributed by atoms with Crippen molar-refractivity contribution in [3.8, 4) is 11.1 Å². The predicted molar refractivity (Wildman–Crippen MR) is 101 cm³/mol. The van der Waals surface area contributed by atoms with Crippen LogP contribution in [0.4, 0.5) is 0 Å². The van der Waals surface area contributed by atoms with Crippen molar-refractivity contribution < 1.29 is 12.8 Å². The maximum Gasteiger partial charge on any atom is 0.211 e. The molecule has 0 unspecified atom stereocenters. The van der Waals surface area contributed by atoms with Crippen molar-refractivity contribution in [2.75, 3.05) is 32.4 Å². The second-order valence-electron chi connectivity index (χ2n) is 6.65. The molecule has 1 aromatic carbocycles. The first-order chi connectivity index (χ1) is 12.5. The molecule has 26 heavy (non-hydrogen) atoms. The van der Waals surface area contributed by atoms with E-state index in [1.807, 2.05) is 30.5 Å². The van der Waals surface area contributed by atoms with Gasteiger partial charge in [-0.25, -0.2) is 8.42 Å². The van der Waals surface area contributed by atoms with Crippen molar-refractivity contribution in [2.45, 2.75) is 6.54 Å². The SMILES string of the molecule is CS(=O)(=O)N1CCN(Cc2cc3cc(-c4cccnc4)ccc3o2)CC1. The summed E-state index contributed by atoms with van der Waals surface area (Å²) in [7, 11) is -3.10. The third kappa shape index (κ3) is 3.65. The van der Waals surface area contributed by atoms with Gasteiger partial charge in [-0.15, -0.1) is 0 Å². The second kappa shape index (κ2) is 6.83. The molecule has 2 aromatic heterocycles. The Labute approximate surface area is 153 Å². The third-order valence-electron chi connectivity index (χ3n) is 4.74. The monoisotopic (exact) mass is 371 g/mol. The fourth-order valence-corrected chi connectivity index (χ4v) is 4.16. The lowest BCUT2D eigenvalue weighted by Crippen LogP contribution is -2.47. The topological polar surface area (TPSA) is 66.7 Å². The fraction of sp³-hybridized carbons (Fsp3) is 0.316. The normalized spacial score (nSPS) is 17.0. The van der Waals surface area contributed by atoms with Crippen LogP contribution in [0.15, 0.2) is 53.2 Å². The van der Waals surface area contributed by atoms with Gasteiger partial charge in [0.05, 0.1) is 12.8 Å². The van der Waals surface area contributed by atoms with E-state index in [1.54, 1.807) is 6.20 Å². The molecule has 7 heteroatoms. The van der Waals surface area contributed by atoms with Gasteiger partial charge in [0.15, 0.2) is 0 Å². The first-order valence-electron chi connectivity index (χ1n) is 8.59. The molecule has 6 nitrogen and oxygen atoms in total. The average molecular weight is 371 g/mol. The lowest BCUT2D eigenvalue weighted by atomic mass is 10.1. The standard InChI is InChI=1S/C19H21N3O3S/c1-26(23,24)22-9-7-21(8-10-22)14-18-12-17-11-15(4-5-19(17)25-18)16-3-2-6-20-13-16/h2-6,11-13H,7-10,14H2,1H3. The summed E-state index contributed by atoms with van der Waals surface area (Å²) >= 11 is 0. The number of sulfonamides is 1. The van der Waals surface area contributed by atoms with Crippen LogP contribution in [-0.4, -0.2) is 55.0 Å². The number of aromatic nitrogens is 1. The molecule has 0 N–H and O–H groups in total. The fourth-order valence-electron chi connectivity index (χ4n) is 3.33. The summed E-state index contributed by atoms with van der Waals surface area (Å²) in [5.41, 5.74) is 3.05. The van der Waals surface area contributed by atoms with Gasteiger partial charge in [-0.3, -0.25) is 9.88 Å². The van der Waals surface area contributed by atoms with E-state index in [-0.39, 0.29) is 0 Å². The van der Waals surface area contributed by atoms with Gasteiger partial charge in [-0.05, 0) is 29.8 Å². The number of fused-ring (bicyclic) bond motifs is 1. The summed E-state index contributed by atoms with van der Waals surface area (Å²) in [6.07, 6.45) is 4.88. The Morgan fingerprint density at radius 2 is 1.88 bits per heavy atom. The molecule has 0 aliphatic carbocycles. The van der Waals surface area contributed by atoms with Crippen molar-refractivity contribution in [3.05, 3.63) is 54.6 Å². The zero-order valence-electron chi connectivity index (χ0n) is 14.6. The average Bonchev–Trinajstić information content (AvgIpc) is 3.03. The van der Waals surface area contributed by atoms with Gasteiger partial charge in [0.25, 0.3) is 0 Å². The van der Waals surface area contributed by atoms with E-state index in [0.29, 0.717) is 32.7 Å². The highest BCUT2D eigenvalue weighted by Crippen LogP contribution is 2.27. The number of furan rings is 1. The Morgan fingerprint density at radius 1 is 1.08 bits per heavy atom. The molecule has 0 radical (unpaired) electrons. The summed E-state index contributed by atoms with van der Waals surface area (Å²) in [4.78, 5) is 6.39. The Hall–Kier alpha value is -2.22. The van der Waals surface area contributed by atoms with Gasteiger partial charge in [0.1, 0.15) is 11.3 Å². The maximum absolute atomic E-state index is 11.6. The van der Waals surface area contributed by atoms with Crippen LogP contribution in [0.1, 0.15) is 5.76 Å². The second-order valence-corrected chi connectivity index (χ2v) is 8.63. The number of benzene rings is 1. The van der Waals surface area contributed by atoms with Crippen LogP contribution in [0, 0.1) is 0 Å². The number of hydrogen-bond acceptors (Lipinski definition) is 5. The summed E-state index contributed by atoms with van der Waals surface area (Å²) < 4.78 is 30.7. The smallest absolute Gasteiger partial charge is 0.211 e. The lowest BCUT2D eigenvalue weighted by molar-refractivity contribution is 0.172. The Bertz CT molecular complexity index is 1010. The zero-order valence-corrected chi connectivity index (χ0v) is 15.4. The molecule has 1 aliphatic rings. The van der Waals surface area contributed by atoms with Gasteiger partial charge >= 0.3 is 0 Å². The molecular formula is C19H21N3O3S. The number of rotatable bonds is 4. The summed E-state index contributed by atoms with van der Waals surface area (Å²) in [5.74, 6) is 0.899. The quantitative estimate of drug-likeness (QED) is 0.705.